The van der Waals surface area contributed by atoms with Crippen LogP contribution in [0.2, 0.25) is 0 Å². The number of fused-ring (bicyclic) bond motifs is 1. The third-order valence-electron chi connectivity index (χ3n) is 5.28. The van der Waals surface area contributed by atoms with Gasteiger partial charge in [-0.1, -0.05) is 21.1 Å². The first-order valence-corrected chi connectivity index (χ1v) is 10.6. The highest BCUT2D eigenvalue weighted by molar-refractivity contribution is 9.10. The summed E-state index contributed by atoms with van der Waals surface area (Å²) in [6.45, 7) is 0. The fraction of sp³-hybridized carbons (Fsp3) is 0.364. The number of carbonyl (C=O) groups excluding carboxylic acids is 2. The molecule has 0 bridgehead atoms. The minimum absolute atomic E-state index is 0.00516. The van der Waals surface area contributed by atoms with Crippen LogP contribution in [0.3, 0.4) is 0 Å². The minimum atomic E-state index is -0.0946. The largest absolute Gasteiger partial charge is 0.511 e. The smallest absolute Gasteiger partial charge is 0.168 e. The molecule has 0 amide bonds. The van der Waals surface area contributed by atoms with Gasteiger partial charge in [-0.25, -0.2) is 0 Å². The number of halogens is 1. The molecule has 7 heteroatoms. The number of aromatic nitrogens is 1. The Balaban J connectivity index is 1.59. The standard InChI is InChI=1S/C22H21BrN2O4/c23-13-7-9-14(10-8-13)24-15-3-1-4-17(26)21(15)19(28)12-11-16-22-18(27)5-2-6-20(22)29-25-16/h7-10,28H,1-6,11-12H2/b21-19-,24-15?. The molecule has 6 nitrogen and oxygen atoms in total. The lowest BCUT2D eigenvalue weighted by atomic mass is 9.88. The van der Waals surface area contributed by atoms with Gasteiger partial charge < -0.3 is 9.63 Å². The molecule has 2 aliphatic rings. The second-order valence-corrected chi connectivity index (χ2v) is 8.25. The molecule has 29 heavy (non-hydrogen) atoms. The maximum absolute atomic E-state index is 12.5. The summed E-state index contributed by atoms with van der Waals surface area (Å²) in [5, 5.41) is 14.8. The number of allylic oxidation sites excluding steroid dienone is 2. The highest BCUT2D eigenvalue weighted by Crippen LogP contribution is 2.28. The predicted octanol–water partition coefficient (Wildman–Crippen LogP) is 5.23. The van der Waals surface area contributed by atoms with Crippen LogP contribution in [-0.2, 0) is 17.6 Å². The van der Waals surface area contributed by atoms with Crippen LogP contribution in [0.4, 0.5) is 5.69 Å². The number of aryl methyl sites for hydroxylation is 2. The molecule has 1 saturated carbocycles. The number of rotatable bonds is 4. The zero-order chi connectivity index (χ0) is 20.4. The van der Waals surface area contributed by atoms with Crippen LogP contribution >= 0.6 is 15.9 Å². The fourth-order valence-electron chi connectivity index (χ4n) is 3.85. The summed E-state index contributed by atoms with van der Waals surface area (Å²) in [5.41, 5.74) is 2.78. The molecule has 1 aromatic heterocycles. The van der Waals surface area contributed by atoms with Crippen molar-refractivity contribution in [3.8, 4) is 0 Å². The molecule has 0 atom stereocenters. The van der Waals surface area contributed by atoms with Crippen molar-refractivity contribution in [3.63, 3.8) is 0 Å². The number of hydrogen-bond donors (Lipinski definition) is 1. The van der Waals surface area contributed by atoms with Gasteiger partial charge in [0.2, 0.25) is 0 Å². The van der Waals surface area contributed by atoms with E-state index >= 15 is 0 Å². The summed E-state index contributed by atoms with van der Waals surface area (Å²) in [5.74, 6) is 0.587. The van der Waals surface area contributed by atoms with Gasteiger partial charge in [0.25, 0.3) is 0 Å². The SMILES string of the molecule is O=C1CCCC(=Nc2ccc(Br)cc2)/C1=C(/O)CCc1noc2c1C(=O)CCC2. The quantitative estimate of drug-likeness (QED) is 0.502. The molecule has 2 aliphatic carbocycles. The number of hydrogen-bond acceptors (Lipinski definition) is 6. The van der Waals surface area contributed by atoms with Crippen LogP contribution in [0.1, 0.15) is 60.3 Å². The van der Waals surface area contributed by atoms with Gasteiger partial charge in [-0.15, -0.1) is 0 Å². The van der Waals surface area contributed by atoms with E-state index in [1.165, 1.54) is 0 Å². The second-order valence-electron chi connectivity index (χ2n) is 7.34. The van der Waals surface area contributed by atoms with Crippen LogP contribution < -0.4 is 0 Å². The summed E-state index contributed by atoms with van der Waals surface area (Å²) < 4.78 is 6.25. The van der Waals surface area contributed by atoms with Gasteiger partial charge >= 0.3 is 0 Å². The lowest BCUT2D eigenvalue weighted by molar-refractivity contribution is -0.115. The van der Waals surface area contributed by atoms with Gasteiger partial charge in [0.15, 0.2) is 11.6 Å². The zero-order valence-corrected chi connectivity index (χ0v) is 17.5. The van der Waals surface area contributed by atoms with Crippen molar-refractivity contribution in [2.45, 2.75) is 51.4 Å². The second kappa shape index (κ2) is 8.45. The monoisotopic (exact) mass is 456 g/mol. The predicted molar refractivity (Wildman–Crippen MR) is 112 cm³/mol. The molecule has 0 radical (unpaired) electrons. The number of carbonyl (C=O) groups is 2. The van der Waals surface area contributed by atoms with E-state index < -0.39 is 0 Å². The Morgan fingerprint density at radius 2 is 1.79 bits per heavy atom. The van der Waals surface area contributed by atoms with E-state index in [1.807, 2.05) is 24.3 Å². The Kier molecular flexibility index (Phi) is 5.76. The van der Waals surface area contributed by atoms with E-state index in [2.05, 4.69) is 26.1 Å². The Labute approximate surface area is 176 Å². The first-order chi connectivity index (χ1) is 14.0. The Morgan fingerprint density at radius 1 is 1.07 bits per heavy atom. The molecule has 2 aromatic rings. The molecule has 0 aliphatic heterocycles. The van der Waals surface area contributed by atoms with Gasteiger partial charge in [0, 0.05) is 36.6 Å². The Bertz CT molecular complexity index is 1020. The number of Topliss-reactive ketones (excluding diaryl/α,β-unsaturated/α-hetero) is 2. The molecule has 1 aromatic carbocycles. The van der Waals surface area contributed by atoms with E-state index in [1.54, 1.807) is 0 Å². The average molecular weight is 457 g/mol. The summed E-state index contributed by atoms with van der Waals surface area (Å²) in [6.07, 6.45) is 4.30. The molecular weight excluding hydrogens is 436 g/mol. The average Bonchev–Trinajstić information content (AvgIpc) is 3.12. The third kappa shape index (κ3) is 4.24. The van der Waals surface area contributed by atoms with Crippen molar-refractivity contribution in [2.24, 2.45) is 4.99 Å². The van der Waals surface area contributed by atoms with Crippen LogP contribution in [0.25, 0.3) is 0 Å². The van der Waals surface area contributed by atoms with Crippen LogP contribution in [0.5, 0.6) is 0 Å². The number of aliphatic hydroxyl groups is 1. The van der Waals surface area contributed by atoms with Gasteiger partial charge in [0.1, 0.15) is 11.5 Å². The molecule has 150 valence electrons. The maximum atomic E-state index is 12.5. The molecule has 1 fully saturated rings. The van der Waals surface area contributed by atoms with Crippen LogP contribution in [0.15, 0.2) is 49.6 Å². The highest BCUT2D eigenvalue weighted by atomic mass is 79.9. The van der Waals surface area contributed by atoms with Gasteiger partial charge in [-0.05, 0) is 43.5 Å². The van der Waals surface area contributed by atoms with Gasteiger partial charge in [-0.2, -0.15) is 0 Å². The normalized spacial score (nSPS) is 20.1. The van der Waals surface area contributed by atoms with E-state index in [0.717, 1.165) is 23.0 Å². The van der Waals surface area contributed by atoms with E-state index in [0.29, 0.717) is 60.4 Å². The van der Waals surface area contributed by atoms with Crippen molar-refractivity contribution in [2.75, 3.05) is 0 Å². The van der Waals surface area contributed by atoms with Gasteiger partial charge in [0.05, 0.1) is 28.2 Å². The topological polar surface area (TPSA) is 92.8 Å². The van der Waals surface area contributed by atoms with E-state index in [9.17, 15) is 14.7 Å². The number of benzene rings is 1. The fourth-order valence-corrected chi connectivity index (χ4v) is 4.12. The molecule has 0 saturated heterocycles. The number of ketones is 2. The van der Waals surface area contributed by atoms with Crippen LogP contribution in [-0.4, -0.2) is 27.5 Å². The zero-order valence-electron chi connectivity index (χ0n) is 15.9. The van der Waals surface area contributed by atoms with E-state index in [4.69, 9.17) is 4.52 Å². The number of aliphatic imine (C=N–C) groups is 1. The summed E-state index contributed by atoms with van der Waals surface area (Å²) >= 11 is 3.40. The maximum Gasteiger partial charge on any atom is 0.168 e. The van der Waals surface area contributed by atoms with Crippen molar-refractivity contribution < 1.29 is 19.2 Å². The molecule has 1 heterocycles. The summed E-state index contributed by atoms with van der Waals surface area (Å²) in [7, 11) is 0. The lowest BCUT2D eigenvalue weighted by Gasteiger charge is -2.18. The molecule has 4 rings (SSSR count). The number of nitrogens with zero attached hydrogens (tertiary/aromatic N) is 2. The first-order valence-electron chi connectivity index (χ1n) is 9.82. The van der Waals surface area contributed by atoms with Crippen molar-refractivity contribution in [1.82, 2.24) is 5.16 Å². The van der Waals surface area contributed by atoms with Gasteiger partial charge in [-0.3, -0.25) is 14.6 Å². The molecule has 0 spiro atoms. The minimum Gasteiger partial charge on any atom is -0.511 e. The van der Waals surface area contributed by atoms with E-state index in [-0.39, 0.29) is 23.7 Å². The molecular formula is C22H21BrN2O4. The summed E-state index contributed by atoms with van der Waals surface area (Å²) in [4.78, 5) is 29.3. The Morgan fingerprint density at radius 3 is 2.59 bits per heavy atom. The molecule has 0 unspecified atom stereocenters. The molecule has 1 N–H and O–H groups in total. The van der Waals surface area contributed by atoms with Crippen molar-refractivity contribution in [1.29, 1.82) is 0 Å². The first kappa shape index (κ1) is 19.8. The summed E-state index contributed by atoms with van der Waals surface area (Å²) in [6, 6.07) is 7.49. The third-order valence-corrected chi connectivity index (χ3v) is 5.81. The highest BCUT2D eigenvalue weighted by Gasteiger charge is 2.28. The van der Waals surface area contributed by atoms with Crippen LogP contribution in [0, 0.1) is 0 Å². The Hall–Kier alpha value is -2.54. The van der Waals surface area contributed by atoms with Crippen molar-refractivity contribution >= 4 is 38.9 Å². The number of aliphatic hydroxyl groups excluding tert-OH is 1. The van der Waals surface area contributed by atoms with Crippen molar-refractivity contribution in [3.05, 3.63) is 57.1 Å². The lowest BCUT2D eigenvalue weighted by Crippen LogP contribution is -2.21.